The van der Waals surface area contributed by atoms with Gasteiger partial charge in [-0.15, -0.1) is 0 Å². The second-order valence-electron chi connectivity index (χ2n) is 8.82. The average Bonchev–Trinajstić information content (AvgIpc) is 3.26. The molecule has 0 aliphatic carbocycles. The fourth-order valence-corrected chi connectivity index (χ4v) is 4.49. The number of carbonyl (C=O) groups is 2. The Morgan fingerprint density at radius 1 is 1.21 bits per heavy atom. The van der Waals surface area contributed by atoms with Crippen molar-refractivity contribution in [2.75, 3.05) is 25.5 Å². The zero-order valence-electron chi connectivity index (χ0n) is 19.4. The highest BCUT2D eigenvalue weighted by atomic mass is 16.5. The Kier molecular flexibility index (Phi) is 7.27. The van der Waals surface area contributed by atoms with Crippen molar-refractivity contribution in [1.82, 2.24) is 14.9 Å². The topological polar surface area (TPSA) is 87.3 Å². The van der Waals surface area contributed by atoms with Gasteiger partial charge < -0.3 is 19.9 Å². The van der Waals surface area contributed by atoms with Crippen molar-refractivity contribution in [3.63, 3.8) is 0 Å². The number of amides is 2. The maximum atomic E-state index is 12.8. The number of hydrogen-bond donors (Lipinski definition) is 2. The number of fused-ring (bicyclic) bond motifs is 1. The summed E-state index contributed by atoms with van der Waals surface area (Å²) in [6.07, 6.45) is 4.34. The molecule has 0 spiro atoms. The Morgan fingerprint density at radius 3 is 2.85 bits per heavy atom. The Hall–Kier alpha value is -3.35. The van der Waals surface area contributed by atoms with E-state index in [0.717, 1.165) is 66.2 Å². The lowest BCUT2D eigenvalue weighted by Crippen LogP contribution is -2.40. The van der Waals surface area contributed by atoms with Crippen LogP contribution in [0.3, 0.4) is 0 Å². The number of nitrogens with zero attached hydrogens (tertiary/aromatic N) is 2. The van der Waals surface area contributed by atoms with Gasteiger partial charge in [0.15, 0.2) is 0 Å². The number of nitrogens with one attached hydrogen (secondary N) is 2. The van der Waals surface area contributed by atoms with Crippen molar-refractivity contribution < 1.29 is 14.3 Å². The lowest BCUT2D eigenvalue weighted by atomic mass is 9.93. The Labute approximate surface area is 194 Å². The van der Waals surface area contributed by atoms with Gasteiger partial charge in [-0.1, -0.05) is 12.1 Å². The van der Waals surface area contributed by atoms with Gasteiger partial charge in [0.05, 0.1) is 18.1 Å². The molecule has 3 aromatic rings. The van der Waals surface area contributed by atoms with Crippen LogP contribution in [0, 0.1) is 12.8 Å². The molecule has 174 valence electrons. The molecule has 2 N–H and O–H groups in total. The minimum Gasteiger partial charge on any atom is -0.497 e. The third-order valence-corrected chi connectivity index (χ3v) is 6.37. The van der Waals surface area contributed by atoms with E-state index in [2.05, 4.69) is 15.3 Å². The van der Waals surface area contributed by atoms with Crippen molar-refractivity contribution in [3.05, 3.63) is 53.9 Å². The molecule has 1 atom stereocenters. The molecule has 7 nitrogen and oxygen atoms in total. The highest BCUT2D eigenvalue weighted by Gasteiger charge is 2.24. The molecule has 2 aromatic carbocycles. The van der Waals surface area contributed by atoms with Crippen LogP contribution in [0.5, 0.6) is 5.75 Å². The second kappa shape index (κ2) is 10.5. The number of aromatic nitrogens is 2. The number of H-pyrrole nitrogens is 1. The fourth-order valence-electron chi connectivity index (χ4n) is 4.49. The Bertz CT molecular complexity index is 1090. The quantitative estimate of drug-likeness (QED) is 0.532. The minimum atomic E-state index is 0.0107. The number of hydrogen-bond acceptors (Lipinski definition) is 4. The third kappa shape index (κ3) is 5.92. The van der Waals surface area contributed by atoms with Crippen molar-refractivity contribution in [3.8, 4) is 5.75 Å². The van der Waals surface area contributed by atoms with Crippen molar-refractivity contribution >= 4 is 28.5 Å². The number of likely N-dealkylation sites (tertiary alicyclic amines) is 1. The number of imidazole rings is 1. The number of carbonyl (C=O) groups excluding carboxylic acids is 2. The number of piperidine rings is 1. The summed E-state index contributed by atoms with van der Waals surface area (Å²) in [6, 6.07) is 13.5. The lowest BCUT2D eigenvalue weighted by molar-refractivity contribution is -0.133. The number of methoxy groups -OCH3 is 1. The Morgan fingerprint density at radius 2 is 2.06 bits per heavy atom. The van der Waals surface area contributed by atoms with Gasteiger partial charge in [0.25, 0.3) is 0 Å². The summed E-state index contributed by atoms with van der Waals surface area (Å²) in [5.74, 6) is 2.16. The monoisotopic (exact) mass is 448 g/mol. The van der Waals surface area contributed by atoms with E-state index < -0.39 is 0 Å². The molecular formula is C26H32N4O3. The van der Waals surface area contributed by atoms with Crippen LogP contribution in [0.2, 0.25) is 0 Å². The van der Waals surface area contributed by atoms with Crippen molar-refractivity contribution in [2.24, 2.45) is 5.92 Å². The highest BCUT2D eigenvalue weighted by molar-refractivity contribution is 5.91. The molecule has 33 heavy (non-hydrogen) atoms. The normalized spacial score (nSPS) is 16.1. The summed E-state index contributed by atoms with van der Waals surface area (Å²) in [4.78, 5) is 35.1. The predicted molar refractivity (Wildman–Crippen MR) is 129 cm³/mol. The number of rotatable bonds is 8. The highest BCUT2D eigenvalue weighted by Crippen LogP contribution is 2.24. The molecule has 1 aromatic heterocycles. The largest absolute Gasteiger partial charge is 0.497 e. The first kappa shape index (κ1) is 22.8. The van der Waals surface area contributed by atoms with Gasteiger partial charge in [-0.25, -0.2) is 4.98 Å². The summed E-state index contributed by atoms with van der Waals surface area (Å²) in [7, 11) is 1.63. The predicted octanol–water partition coefficient (Wildman–Crippen LogP) is 4.47. The van der Waals surface area contributed by atoms with E-state index in [0.29, 0.717) is 25.2 Å². The molecule has 1 fully saturated rings. The molecule has 1 saturated heterocycles. The van der Waals surface area contributed by atoms with Gasteiger partial charge in [0, 0.05) is 38.0 Å². The van der Waals surface area contributed by atoms with Gasteiger partial charge in [-0.05, 0) is 68.0 Å². The maximum Gasteiger partial charge on any atom is 0.224 e. The van der Waals surface area contributed by atoms with Gasteiger partial charge in [0.2, 0.25) is 11.8 Å². The minimum absolute atomic E-state index is 0.0107. The number of benzene rings is 2. The molecule has 1 aliphatic rings. The molecule has 4 rings (SSSR count). The number of anilines is 1. The van der Waals surface area contributed by atoms with Gasteiger partial charge in [0.1, 0.15) is 11.6 Å². The van der Waals surface area contributed by atoms with Crippen LogP contribution in [-0.2, 0) is 16.0 Å². The number of aryl methyl sites for hydroxylation is 2. The summed E-state index contributed by atoms with van der Waals surface area (Å²) >= 11 is 0. The first-order valence-electron chi connectivity index (χ1n) is 11.7. The zero-order valence-corrected chi connectivity index (χ0v) is 19.4. The first-order valence-corrected chi connectivity index (χ1v) is 11.7. The van der Waals surface area contributed by atoms with Crippen LogP contribution in [0.15, 0.2) is 42.5 Å². The van der Waals surface area contributed by atoms with E-state index >= 15 is 0 Å². The van der Waals surface area contributed by atoms with Crippen molar-refractivity contribution in [2.45, 2.75) is 45.4 Å². The smallest absolute Gasteiger partial charge is 0.224 e. The second-order valence-corrected chi connectivity index (χ2v) is 8.82. The van der Waals surface area contributed by atoms with Crippen molar-refractivity contribution in [1.29, 1.82) is 0 Å². The van der Waals surface area contributed by atoms with Gasteiger partial charge in [-0.2, -0.15) is 0 Å². The molecule has 2 amide bonds. The summed E-state index contributed by atoms with van der Waals surface area (Å²) < 4.78 is 5.22. The summed E-state index contributed by atoms with van der Waals surface area (Å²) in [5, 5.41) is 3.00. The maximum absolute atomic E-state index is 12.8. The molecular weight excluding hydrogens is 416 g/mol. The van der Waals surface area contributed by atoms with E-state index in [4.69, 9.17) is 4.74 Å². The SMILES string of the molecule is COc1ccc(NC(=O)CC[C@@H]2CCCN(C(=O)CCc3nc4ccccc4[nH]3)C2)c(C)c1. The molecule has 0 unspecified atom stereocenters. The van der Waals surface area contributed by atoms with E-state index in [-0.39, 0.29) is 11.8 Å². The van der Waals surface area contributed by atoms with Crippen LogP contribution in [0.1, 0.15) is 43.5 Å². The average molecular weight is 449 g/mol. The first-order chi connectivity index (χ1) is 16.0. The number of ether oxygens (including phenoxy) is 1. The van der Waals surface area contributed by atoms with Crippen LogP contribution >= 0.6 is 0 Å². The van der Waals surface area contributed by atoms with Crippen LogP contribution in [0.4, 0.5) is 5.69 Å². The molecule has 0 radical (unpaired) electrons. The number of para-hydroxylation sites is 2. The Balaban J connectivity index is 1.23. The molecule has 0 bridgehead atoms. The third-order valence-electron chi connectivity index (χ3n) is 6.37. The van der Waals surface area contributed by atoms with Crippen LogP contribution < -0.4 is 10.1 Å². The summed E-state index contributed by atoms with van der Waals surface area (Å²) in [6.45, 7) is 3.48. The zero-order chi connectivity index (χ0) is 23.2. The van der Waals surface area contributed by atoms with E-state index in [1.165, 1.54) is 0 Å². The lowest BCUT2D eigenvalue weighted by Gasteiger charge is -2.33. The van der Waals surface area contributed by atoms with Crippen LogP contribution in [0.25, 0.3) is 11.0 Å². The van der Waals surface area contributed by atoms with Gasteiger partial charge in [-0.3, -0.25) is 9.59 Å². The molecule has 7 heteroatoms. The van der Waals surface area contributed by atoms with E-state index in [9.17, 15) is 9.59 Å². The molecule has 1 aliphatic heterocycles. The van der Waals surface area contributed by atoms with E-state index in [1.807, 2.05) is 54.3 Å². The number of aromatic amines is 1. The molecule has 0 saturated carbocycles. The van der Waals surface area contributed by atoms with Gasteiger partial charge >= 0.3 is 0 Å². The van der Waals surface area contributed by atoms with Crippen LogP contribution in [-0.4, -0.2) is 46.9 Å². The standard InChI is InChI=1S/C26H32N4O3/c1-18-16-20(33-2)10-11-21(18)29-25(31)13-9-19-6-5-15-30(17-19)26(32)14-12-24-27-22-7-3-4-8-23(22)28-24/h3-4,7-8,10-11,16,19H,5-6,9,12-15,17H2,1-2H3,(H,27,28)(H,29,31)/t19-/m0/s1. The fraction of sp³-hybridized carbons (Fsp3) is 0.423. The van der Waals surface area contributed by atoms with E-state index in [1.54, 1.807) is 7.11 Å². The summed E-state index contributed by atoms with van der Waals surface area (Å²) in [5.41, 5.74) is 3.72. The molecule has 2 heterocycles.